The largest absolute Gasteiger partial charge is 0.481 e. The van der Waals surface area contributed by atoms with Gasteiger partial charge in [0, 0.05) is 40.4 Å². The Bertz CT molecular complexity index is 931. The zero-order valence-corrected chi connectivity index (χ0v) is 16.9. The Hall–Kier alpha value is -3.02. The molecule has 6 nitrogen and oxygen atoms in total. The number of carboxylic acids is 1. The summed E-state index contributed by atoms with van der Waals surface area (Å²) >= 11 is 0. The Morgan fingerprint density at radius 2 is 1.86 bits per heavy atom. The molecule has 0 aromatic heterocycles. The molecule has 0 amide bonds. The van der Waals surface area contributed by atoms with Gasteiger partial charge >= 0.3 is 11.9 Å². The van der Waals surface area contributed by atoms with Gasteiger partial charge in [0.25, 0.3) is 0 Å². The van der Waals surface area contributed by atoms with Gasteiger partial charge in [-0.2, -0.15) is 0 Å². The van der Waals surface area contributed by atoms with E-state index in [9.17, 15) is 18.6 Å². The standard InChI is InChI=1S/C22H22O6S/c1-29(27)19-8-6-16(7-9-19)12-13-28-22(26)15-17-4-2-3-5-18(14-17)20(23)10-11-21(24)25/h2,4-9,14H,10-13,15H2,1H3,(H,24,25). The van der Waals surface area contributed by atoms with Crippen LogP contribution in [0.4, 0.5) is 0 Å². The smallest absolute Gasteiger partial charge is 0.310 e. The van der Waals surface area contributed by atoms with Crippen LogP contribution in [0.3, 0.4) is 0 Å². The molecular weight excluding hydrogens is 392 g/mol. The Labute approximate surface area is 171 Å². The third kappa shape index (κ3) is 7.86. The molecule has 0 heterocycles. The fourth-order valence-corrected chi connectivity index (χ4v) is 3.09. The lowest BCUT2D eigenvalue weighted by Gasteiger charge is -2.07. The fourth-order valence-electron chi connectivity index (χ4n) is 2.57. The minimum absolute atomic E-state index is 0.00448. The van der Waals surface area contributed by atoms with Gasteiger partial charge in [0.1, 0.15) is 0 Å². The number of carboxylic acid groups (broad SMARTS) is 1. The van der Waals surface area contributed by atoms with E-state index in [4.69, 9.17) is 9.84 Å². The summed E-state index contributed by atoms with van der Waals surface area (Å²) in [4.78, 5) is 35.6. The molecular formula is C22H22O6S. The van der Waals surface area contributed by atoms with E-state index in [0.29, 0.717) is 17.6 Å². The Kier molecular flexibility index (Phi) is 8.52. The number of ether oxygens (including phenoxy) is 1. The predicted octanol–water partition coefficient (Wildman–Crippen LogP) is 2.91. The summed E-state index contributed by atoms with van der Waals surface area (Å²) in [5.41, 5.74) is 4.68. The van der Waals surface area contributed by atoms with E-state index in [0.717, 1.165) is 10.5 Å². The van der Waals surface area contributed by atoms with Crippen LogP contribution in [-0.2, 0) is 36.3 Å². The normalized spacial score (nSPS) is 13.8. The van der Waals surface area contributed by atoms with Crippen LogP contribution in [0.1, 0.15) is 24.8 Å². The average molecular weight is 414 g/mol. The molecule has 0 aliphatic heterocycles. The minimum atomic E-state index is -1.04. The lowest BCUT2D eigenvalue weighted by Crippen LogP contribution is -2.09. The van der Waals surface area contributed by atoms with Crippen molar-refractivity contribution in [2.45, 2.75) is 30.6 Å². The Morgan fingerprint density at radius 3 is 2.52 bits per heavy atom. The van der Waals surface area contributed by atoms with Crippen molar-refractivity contribution < 1.29 is 28.4 Å². The van der Waals surface area contributed by atoms with E-state index in [1.54, 1.807) is 36.6 Å². The van der Waals surface area contributed by atoms with Gasteiger partial charge in [-0.05, 0) is 41.5 Å². The highest BCUT2D eigenvalue weighted by atomic mass is 32.2. The first kappa shape index (κ1) is 22.3. The van der Waals surface area contributed by atoms with E-state index in [2.05, 4.69) is 5.73 Å². The third-order valence-electron chi connectivity index (χ3n) is 4.12. The topological polar surface area (TPSA) is 97.7 Å². The number of aliphatic carboxylic acids is 1. The summed E-state index contributed by atoms with van der Waals surface area (Å²) in [6.07, 6.45) is 8.09. The second-order valence-electron chi connectivity index (χ2n) is 6.38. The van der Waals surface area contributed by atoms with E-state index < -0.39 is 22.7 Å². The van der Waals surface area contributed by atoms with E-state index in [1.165, 1.54) is 6.08 Å². The lowest BCUT2D eigenvalue weighted by atomic mass is 10.0. The maximum Gasteiger partial charge on any atom is 0.310 e. The van der Waals surface area contributed by atoms with Crippen molar-refractivity contribution in [3.8, 4) is 0 Å². The third-order valence-corrected chi connectivity index (χ3v) is 5.05. The summed E-state index contributed by atoms with van der Waals surface area (Å²) in [5.74, 6) is -1.78. The second-order valence-corrected chi connectivity index (χ2v) is 7.76. The molecule has 152 valence electrons. The number of carbonyl (C=O) groups is 3. The number of carbonyl (C=O) groups excluding carboxylic acids is 2. The van der Waals surface area contributed by atoms with Crippen LogP contribution in [0, 0.1) is 0 Å². The SMILES string of the molecule is CS(=O)c1ccc(CCOC(=O)CC2=CC=C=CC(C(=O)CCC(=O)O)=C2)cc1. The number of hydrogen-bond donors (Lipinski definition) is 1. The van der Waals surface area contributed by atoms with Crippen molar-refractivity contribution in [2.75, 3.05) is 12.9 Å². The van der Waals surface area contributed by atoms with Gasteiger partial charge < -0.3 is 9.84 Å². The number of hydrogen-bond acceptors (Lipinski definition) is 5. The lowest BCUT2D eigenvalue weighted by molar-refractivity contribution is -0.142. The zero-order chi connectivity index (χ0) is 21.2. The molecule has 1 aromatic carbocycles. The van der Waals surface area contributed by atoms with Crippen LogP contribution >= 0.6 is 0 Å². The van der Waals surface area contributed by atoms with E-state index in [-0.39, 0.29) is 31.7 Å². The van der Waals surface area contributed by atoms with Crippen molar-refractivity contribution in [3.63, 3.8) is 0 Å². The summed E-state index contributed by atoms with van der Waals surface area (Å²) in [5, 5.41) is 8.70. The van der Waals surface area contributed by atoms with Crippen molar-refractivity contribution in [1.82, 2.24) is 0 Å². The number of ketones is 1. The molecule has 1 aliphatic carbocycles. The molecule has 0 saturated heterocycles. The van der Waals surface area contributed by atoms with Gasteiger partial charge in [-0.1, -0.05) is 18.2 Å². The van der Waals surface area contributed by atoms with E-state index >= 15 is 0 Å². The summed E-state index contributed by atoms with van der Waals surface area (Å²) < 4.78 is 16.6. The molecule has 1 atom stereocenters. The van der Waals surface area contributed by atoms with Gasteiger partial charge in [0.2, 0.25) is 0 Å². The quantitative estimate of drug-likeness (QED) is 0.467. The second kappa shape index (κ2) is 11.1. The van der Waals surface area contributed by atoms with Crippen molar-refractivity contribution >= 4 is 28.5 Å². The molecule has 1 aromatic rings. The Balaban J connectivity index is 1.85. The molecule has 0 saturated carbocycles. The van der Waals surface area contributed by atoms with Gasteiger partial charge in [-0.3, -0.25) is 18.6 Å². The van der Waals surface area contributed by atoms with Crippen LogP contribution < -0.4 is 0 Å². The molecule has 29 heavy (non-hydrogen) atoms. The van der Waals surface area contributed by atoms with Crippen LogP contribution in [0.5, 0.6) is 0 Å². The molecule has 1 N–H and O–H groups in total. The average Bonchev–Trinajstić information content (AvgIpc) is 2.92. The number of benzene rings is 1. The van der Waals surface area contributed by atoms with Gasteiger partial charge in [-0.25, -0.2) is 0 Å². The molecule has 1 unspecified atom stereocenters. The number of esters is 1. The summed E-state index contributed by atoms with van der Waals surface area (Å²) in [6, 6.07) is 7.28. The highest BCUT2D eigenvalue weighted by molar-refractivity contribution is 7.84. The highest BCUT2D eigenvalue weighted by Crippen LogP contribution is 2.15. The number of rotatable bonds is 10. The van der Waals surface area contributed by atoms with E-state index in [1.807, 2.05) is 12.1 Å². The molecule has 0 spiro atoms. The monoisotopic (exact) mass is 414 g/mol. The number of allylic oxidation sites excluding steroid dienone is 4. The van der Waals surface area contributed by atoms with Gasteiger partial charge in [-0.15, -0.1) is 5.73 Å². The van der Waals surface area contributed by atoms with Crippen LogP contribution in [-0.4, -0.2) is 39.9 Å². The Morgan fingerprint density at radius 1 is 1.14 bits per heavy atom. The highest BCUT2D eigenvalue weighted by Gasteiger charge is 2.13. The maximum atomic E-state index is 12.1. The molecule has 0 fully saturated rings. The molecule has 2 rings (SSSR count). The predicted molar refractivity (Wildman–Crippen MR) is 109 cm³/mol. The molecule has 1 aliphatic rings. The van der Waals surface area contributed by atoms with Gasteiger partial charge in [0.15, 0.2) is 5.78 Å². The first-order chi connectivity index (χ1) is 13.8. The van der Waals surface area contributed by atoms with Crippen molar-refractivity contribution in [1.29, 1.82) is 0 Å². The molecule has 0 radical (unpaired) electrons. The molecule has 0 bridgehead atoms. The fraction of sp³-hybridized carbons (Fsp3) is 0.273. The first-order valence-corrected chi connectivity index (χ1v) is 10.6. The minimum Gasteiger partial charge on any atom is -0.481 e. The van der Waals surface area contributed by atoms with Gasteiger partial charge in [0.05, 0.1) is 19.4 Å². The van der Waals surface area contributed by atoms with Crippen molar-refractivity contribution in [2.24, 2.45) is 0 Å². The summed E-state index contributed by atoms with van der Waals surface area (Å²) in [7, 11) is -1.03. The maximum absolute atomic E-state index is 12.1. The summed E-state index contributed by atoms with van der Waals surface area (Å²) in [6.45, 7) is 0.211. The zero-order valence-electron chi connectivity index (χ0n) is 16.1. The van der Waals surface area contributed by atoms with Crippen LogP contribution in [0.25, 0.3) is 0 Å². The van der Waals surface area contributed by atoms with Crippen molar-refractivity contribution in [3.05, 3.63) is 71.0 Å². The first-order valence-electron chi connectivity index (χ1n) is 9.01. The number of Topliss-reactive ketones (excluding diaryl/α,β-unsaturated/α-hetero) is 1. The molecule has 7 heteroatoms. The van der Waals surface area contributed by atoms with Crippen LogP contribution in [0.2, 0.25) is 0 Å². The van der Waals surface area contributed by atoms with Crippen LogP contribution in [0.15, 0.2) is 70.3 Å².